The number of aromatic nitrogens is 1. The first kappa shape index (κ1) is 23.5. The molecule has 5 nitrogen and oxygen atoms in total. The van der Waals surface area contributed by atoms with Gasteiger partial charge in [-0.15, -0.1) is 0 Å². The monoisotopic (exact) mass is 409 g/mol. The SMILES string of the molecule is CC(=O)CC(=O)OC(C)CC(C)OC/C(C)=C/c1ccc(Cc2cccnc2)cc1. The highest BCUT2D eigenvalue weighted by Crippen LogP contribution is 2.14. The van der Waals surface area contributed by atoms with Crippen molar-refractivity contribution >= 4 is 17.8 Å². The molecular weight excluding hydrogens is 378 g/mol. The summed E-state index contributed by atoms with van der Waals surface area (Å²) in [4.78, 5) is 26.7. The molecule has 160 valence electrons. The highest BCUT2D eigenvalue weighted by molar-refractivity contribution is 5.94. The summed E-state index contributed by atoms with van der Waals surface area (Å²) < 4.78 is 11.1. The van der Waals surface area contributed by atoms with Crippen LogP contribution < -0.4 is 0 Å². The summed E-state index contributed by atoms with van der Waals surface area (Å²) in [6.07, 6.45) is 6.71. The molecule has 2 atom stereocenters. The standard InChI is InChI=1S/C25H31NO4/c1-18(17-29-20(3)14-21(4)30-25(28)13-19(2)27)12-22-7-9-23(10-8-22)15-24-6-5-11-26-16-24/h5-12,16,20-21H,13-15,17H2,1-4H3/b18-12+. The van der Waals surface area contributed by atoms with Crippen LogP contribution in [0.2, 0.25) is 0 Å². The smallest absolute Gasteiger partial charge is 0.313 e. The van der Waals surface area contributed by atoms with E-state index in [1.165, 1.54) is 18.1 Å². The van der Waals surface area contributed by atoms with Crippen molar-refractivity contribution in [3.8, 4) is 0 Å². The van der Waals surface area contributed by atoms with E-state index in [1.807, 2.05) is 33.0 Å². The zero-order valence-corrected chi connectivity index (χ0v) is 18.3. The van der Waals surface area contributed by atoms with Crippen LogP contribution in [0.3, 0.4) is 0 Å². The summed E-state index contributed by atoms with van der Waals surface area (Å²) in [5.74, 6) is -0.674. The molecule has 1 heterocycles. The zero-order valence-electron chi connectivity index (χ0n) is 18.3. The quantitative estimate of drug-likeness (QED) is 0.395. The zero-order chi connectivity index (χ0) is 21.9. The topological polar surface area (TPSA) is 65.5 Å². The number of ketones is 1. The van der Waals surface area contributed by atoms with E-state index >= 15 is 0 Å². The summed E-state index contributed by atoms with van der Waals surface area (Å²) in [5.41, 5.74) is 4.69. The Balaban J connectivity index is 1.77. The van der Waals surface area contributed by atoms with Crippen LogP contribution in [0, 0.1) is 0 Å². The van der Waals surface area contributed by atoms with Crippen LogP contribution in [0.1, 0.15) is 57.2 Å². The molecule has 30 heavy (non-hydrogen) atoms. The van der Waals surface area contributed by atoms with Gasteiger partial charge >= 0.3 is 5.97 Å². The fraction of sp³-hybridized carbons (Fsp3) is 0.400. The Hall–Kier alpha value is -2.79. The molecule has 0 aliphatic heterocycles. The highest BCUT2D eigenvalue weighted by Gasteiger charge is 2.15. The molecule has 2 unspecified atom stereocenters. The molecule has 0 bridgehead atoms. The predicted octanol–water partition coefficient (Wildman–Crippen LogP) is 4.78. The average Bonchev–Trinajstić information content (AvgIpc) is 2.68. The molecule has 2 aromatic rings. The number of carbonyl (C=O) groups is 2. The Morgan fingerprint density at radius 2 is 1.77 bits per heavy atom. The van der Waals surface area contributed by atoms with Gasteiger partial charge in [0.15, 0.2) is 0 Å². The first-order chi connectivity index (χ1) is 14.3. The van der Waals surface area contributed by atoms with E-state index in [9.17, 15) is 9.59 Å². The van der Waals surface area contributed by atoms with Gasteiger partial charge in [0.25, 0.3) is 0 Å². The fourth-order valence-corrected chi connectivity index (χ4v) is 3.12. The lowest BCUT2D eigenvalue weighted by Gasteiger charge is -2.18. The molecule has 0 saturated heterocycles. The van der Waals surface area contributed by atoms with Crippen LogP contribution >= 0.6 is 0 Å². The molecule has 5 heteroatoms. The maximum absolute atomic E-state index is 11.5. The number of esters is 1. The maximum Gasteiger partial charge on any atom is 0.313 e. The number of Topliss-reactive ketones (excluding diaryl/α,β-unsaturated/α-hetero) is 1. The minimum absolute atomic E-state index is 0.0599. The maximum atomic E-state index is 11.5. The molecule has 0 radical (unpaired) electrons. The van der Waals surface area contributed by atoms with E-state index in [0.717, 1.165) is 17.6 Å². The Kier molecular flexibility index (Phi) is 9.42. The number of ether oxygens (including phenoxy) is 2. The number of hydrogen-bond donors (Lipinski definition) is 0. The Labute approximate surface area is 179 Å². The summed E-state index contributed by atoms with van der Waals surface area (Å²) in [6.45, 7) is 7.68. The highest BCUT2D eigenvalue weighted by atomic mass is 16.5. The van der Waals surface area contributed by atoms with Crippen molar-refractivity contribution in [2.24, 2.45) is 0 Å². The Morgan fingerprint density at radius 1 is 1.03 bits per heavy atom. The van der Waals surface area contributed by atoms with Gasteiger partial charge in [-0.2, -0.15) is 0 Å². The van der Waals surface area contributed by atoms with Crippen molar-refractivity contribution in [1.29, 1.82) is 0 Å². The molecule has 0 saturated carbocycles. The normalized spacial score (nSPS) is 13.5. The lowest BCUT2D eigenvalue weighted by Crippen LogP contribution is -2.22. The van der Waals surface area contributed by atoms with Gasteiger partial charge < -0.3 is 9.47 Å². The molecule has 0 fully saturated rings. The van der Waals surface area contributed by atoms with Gasteiger partial charge in [-0.1, -0.05) is 36.4 Å². The van der Waals surface area contributed by atoms with Gasteiger partial charge in [-0.05, 0) is 62.4 Å². The third-order valence-electron chi connectivity index (χ3n) is 4.51. The van der Waals surface area contributed by atoms with Crippen LogP contribution in [-0.2, 0) is 25.5 Å². The molecular formula is C25H31NO4. The number of benzene rings is 1. The molecule has 0 aliphatic rings. The van der Waals surface area contributed by atoms with Crippen molar-refractivity contribution in [3.05, 3.63) is 71.1 Å². The molecule has 0 N–H and O–H groups in total. The van der Waals surface area contributed by atoms with Crippen molar-refractivity contribution in [1.82, 2.24) is 4.98 Å². The van der Waals surface area contributed by atoms with E-state index in [1.54, 1.807) is 6.20 Å². The number of carbonyl (C=O) groups excluding carboxylic acids is 2. The Bertz CT molecular complexity index is 843. The lowest BCUT2D eigenvalue weighted by molar-refractivity contribution is -0.151. The van der Waals surface area contributed by atoms with E-state index in [4.69, 9.17) is 9.47 Å². The first-order valence-corrected chi connectivity index (χ1v) is 10.3. The van der Waals surface area contributed by atoms with Crippen LogP contribution in [0.15, 0.2) is 54.4 Å². The van der Waals surface area contributed by atoms with Crippen LogP contribution in [0.25, 0.3) is 6.08 Å². The van der Waals surface area contributed by atoms with E-state index < -0.39 is 5.97 Å². The van der Waals surface area contributed by atoms with Gasteiger partial charge in [0, 0.05) is 18.8 Å². The van der Waals surface area contributed by atoms with Crippen LogP contribution in [0.4, 0.5) is 0 Å². The van der Waals surface area contributed by atoms with Gasteiger partial charge in [0.2, 0.25) is 0 Å². The van der Waals surface area contributed by atoms with Gasteiger partial charge in [-0.3, -0.25) is 14.6 Å². The fourth-order valence-electron chi connectivity index (χ4n) is 3.12. The average molecular weight is 410 g/mol. The Morgan fingerprint density at radius 3 is 2.40 bits per heavy atom. The van der Waals surface area contributed by atoms with Gasteiger partial charge in [-0.25, -0.2) is 0 Å². The van der Waals surface area contributed by atoms with Crippen LogP contribution in [-0.4, -0.2) is 35.6 Å². The summed E-state index contributed by atoms with van der Waals surface area (Å²) in [5, 5.41) is 0. The first-order valence-electron chi connectivity index (χ1n) is 10.3. The van der Waals surface area contributed by atoms with Crippen molar-refractivity contribution in [2.45, 2.75) is 59.2 Å². The van der Waals surface area contributed by atoms with Crippen LogP contribution in [0.5, 0.6) is 0 Å². The third-order valence-corrected chi connectivity index (χ3v) is 4.51. The van der Waals surface area contributed by atoms with Gasteiger partial charge in [0.1, 0.15) is 18.3 Å². The number of rotatable bonds is 11. The second kappa shape index (κ2) is 12.0. The minimum atomic E-state index is -0.481. The molecule has 1 aromatic carbocycles. The van der Waals surface area contributed by atoms with E-state index in [-0.39, 0.29) is 24.4 Å². The third kappa shape index (κ3) is 9.14. The molecule has 0 aliphatic carbocycles. The van der Waals surface area contributed by atoms with E-state index in [2.05, 4.69) is 41.4 Å². The molecule has 0 spiro atoms. The predicted molar refractivity (Wildman–Crippen MR) is 118 cm³/mol. The number of hydrogen-bond acceptors (Lipinski definition) is 5. The summed E-state index contributed by atoms with van der Waals surface area (Å²) in [6, 6.07) is 12.5. The largest absolute Gasteiger partial charge is 0.462 e. The van der Waals surface area contributed by atoms with Crippen molar-refractivity contribution in [3.63, 3.8) is 0 Å². The van der Waals surface area contributed by atoms with Gasteiger partial charge in [0.05, 0.1) is 12.7 Å². The number of pyridine rings is 1. The second-order valence-electron chi connectivity index (χ2n) is 7.81. The summed E-state index contributed by atoms with van der Waals surface area (Å²) >= 11 is 0. The second-order valence-corrected chi connectivity index (χ2v) is 7.81. The summed E-state index contributed by atoms with van der Waals surface area (Å²) in [7, 11) is 0. The molecule has 0 amide bonds. The van der Waals surface area contributed by atoms with Crippen molar-refractivity contribution < 1.29 is 19.1 Å². The molecule has 1 aromatic heterocycles. The lowest BCUT2D eigenvalue weighted by atomic mass is 10.0. The van der Waals surface area contributed by atoms with E-state index in [0.29, 0.717) is 13.0 Å². The van der Waals surface area contributed by atoms with Crippen molar-refractivity contribution in [2.75, 3.05) is 6.61 Å². The molecule has 2 rings (SSSR count). The number of nitrogens with zero attached hydrogens (tertiary/aromatic N) is 1. The minimum Gasteiger partial charge on any atom is -0.462 e.